The van der Waals surface area contributed by atoms with Gasteiger partial charge in [0.25, 0.3) is 11.8 Å². The molecule has 1 aliphatic heterocycles. The average molecular weight is 362 g/mol. The molecule has 2 aromatic rings. The van der Waals surface area contributed by atoms with E-state index in [9.17, 15) is 9.59 Å². The van der Waals surface area contributed by atoms with Gasteiger partial charge in [-0.2, -0.15) is 0 Å². The standard InChI is InChI=1S/C23H26N2O2/c1-3-5-16-25-22(26)20(19-14-10-7-11-15-19)21(23(25)27)24(4-2)17-18-12-8-6-9-13-18/h6-15H,3-5,16-17H2,1-2H3. The minimum atomic E-state index is -0.179. The van der Waals surface area contributed by atoms with Gasteiger partial charge in [-0.1, -0.05) is 74.0 Å². The molecule has 0 aromatic heterocycles. The number of rotatable bonds is 8. The Labute approximate surface area is 161 Å². The number of likely N-dealkylation sites (N-methyl/N-ethyl adjacent to an activating group) is 1. The molecule has 0 radical (unpaired) electrons. The van der Waals surface area contributed by atoms with Gasteiger partial charge in [0.15, 0.2) is 0 Å². The zero-order valence-electron chi connectivity index (χ0n) is 16.0. The SMILES string of the molecule is CCCCN1C(=O)C(c2ccccc2)=C(N(CC)Cc2ccccc2)C1=O. The maximum atomic E-state index is 13.2. The van der Waals surface area contributed by atoms with Crippen molar-refractivity contribution in [2.45, 2.75) is 33.2 Å². The Hall–Kier alpha value is -2.88. The second kappa shape index (κ2) is 8.67. The molecule has 0 spiro atoms. The Balaban J connectivity index is 2.03. The summed E-state index contributed by atoms with van der Waals surface area (Å²) in [7, 11) is 0. The molecule has 2 amide bonds. The molecule has 140 valence electrons. The molecular formula is C23H26N2O2. The predicted molar refractivity (Wildman–Crippen MR) is 108 cm³/mol. The van der Waals surface area contributed by atoms with Gasteiger partial charge in [0.1, 0.15) is 5.70 Å². The molecule has 1 aliphatic rings. The first-order valence-electron chi connectivity index (χ1n) is 9.62. The molecule has 0 saturated heterocycles. The highest BCUT2D eigenvalue weighted by Crippen LogP contribution is 2.32. The number of hydrogen-bond acceptors (Lipinski definition) is 3. The molecular weight excluding hydrogens is 336 g/mol. The van der Waals surface area contributed by atoms with Gasteiger partial charge >= 0.3 is 0 Å². The lowest BCUT2D eigenvalue weighted by molar-refractivity contribution is -0.137. The lowest BCUT2D eigenvalue weighted by Gasteiger charge is -2.25. The summed E-state index contributed by atoms with van der Waals surface area (Å²) in [5, 5.41) is 0. The number of carbonyl (C=O) groups is 2. The number of amides is 2. The topological polar surface area (TPSA) is 40.6 Å². The molecule has 4 nitrogen and oxygen atoms in total. The maximum Gasteiger partial charge on any atom is 0.277 e. The molecule has 4 heteroatoms. The molecule has 0 aliphatic carbocycles. The first kappa shape index (κ1) is 18.9. The van der Waals surface area contributed by atoms with Crippen LogP contribution in [0, 0.1) is 0 Å². The summed E-state index contributed by atoms with van der Waals surface area (Å²) in [5.74, 6) is -0.355. The van der Waals surface area contributed by atoms with E-state index in [1.807, 2.05) is 72.5 Å². The highest BCUT2D eigenvalue weighted by Gasteiger charge is 2.40. The minimum Gasteiger partial charge on any atom is -0.362 e. The van der Waals surface area contributed by atoms with Crippen LogP contribution in [-0.4, -0.2) is 34.7 Å². The van der Waals surface area contributed by atoms with Crippen LogP contribution >= 0.6 is 0 Å². The smallest absolute Gasteiger partial charge is 0.277 e. The Morgan fingerprint density at radius 1 is 0.852 bits per heavy atom. The van der Waals surface area contributed by atoms with Gasteiger partial charge in [-0.3, -0.25) is 14.5 Å². The van der Waals surface area contributed by atoms with Crippen molar-refractivity contribution < 1.29 is 9.59 Å². The van der Waals surface area contributed by atoms with Crippen molar-refractivity contribution >= 4 is 17.4 Å². The van der Waals surface area contributed by atoms with Gasteiger partial charge in [-0.05, 0) is 24.5 Å². The second-order valence-electron chi connectivity index (χ2n) is 6.70. The van der Waals surface area contributed by atoms with Crippen LogP contribution in [0.2, 0.25) is 0 Å². The van der Waals surface area contributed by atoms with E-state index >= 15 is 0 Å². The fourth-order valence-corrected chi connectivity index (χ4v) is 3.39. The van der Waals surface area contributed by atoms with E-state index in [1.165, 1.54) is 4.90 Å². The lowest BCUT2D eigenvalue weighted by Crippen LogP contribution is -2.35. The number of carbonyl (C=O) groups excluding carboxylic acids is 2. The van der Waals surface area contributed by atoms with E-state index in [4.69, 9.17) is 0 Å². The quantitative estimate of drug-likeness (QED) is 0.664. The summed E-state index contributed by atoms with van der Waals surface area (Å²) >= 11 is 0. The molecule has 3 rings (SSSR count). The summed E-state index contributed by atoms with van der Waals surface area (Å²) in [5.41, 5.74) is 2.96. The zero-order valence-corrected chi connectivity index (χ0v) is 16.0. The lowest BCUT2D eigenvalue weighted by atomic mass is 10.0. The van der Waals surface area contributed by atoms with Crippen LogP contribution < -0.4 is 0 Å². The summed E-state index contributed by atoms with van der Waals surface area (Å²) in [6.45, 7) is 5.80. The Bertz CT molecular complexity index is 828. The van der Waals surface area contributed by atoms with Crippen molar-refractivity contribution in [2.75, 3.05) is 13.1 Å². The molecule has 27 heavy (non-hydrogen) atoms. The van der Waals surface area contributed by atoms with E-state index in [0.717, 1.165) is 24.0 Å². The normalized spacial score (nSPS) is 14.2. The first-order chi connectivity index (χ1) is 13.2. The summed E-state index contributed by atoms with van der Waals surface area (Å²) in [6, 6.07) is 19.6. The van der Waals surface area contributed by atoms with Gasteiger partial charge in [0.2, 0.25) is 0 Å². The van der Waals surface area contributed by atoms with Gasteiger partial charge in [0.05, 0.1) is 5.57 Å². The fraction of sp³-hybridized carbons (Fsp3) is 0.304. The largest absolute Gasteiger partial charge is 0.362 e. The predicted octanol–water partition coefficient (Wildman–Crippen LogP) is 4.09. The van der Waals surface area contributed by atoms with Crippen LogP contribution in [0.1, 0.15) is 37.8 Å². The van der Waals surface area contributed by atoms with Gasteiger partial charge in [0, 0.05) is 19.6 Å². The van der Waals surface area contributed by atoms with E-state index in [-0.39, 0.29) is 11.8 Å². The minimum absolute atomic E-state index is 0.176. The fourth-order valence-electron chi connectivity index (χ4n) is 3.39. The third-order valence-corrected chi connectivity index (χ3v) is 4.86. The van der Waals surface area contributed by atoms with E-state index in [2.05, 4.69) is 6.92 Å². The number of hydrogen-bond donors (Lipinski definition) is 0. The third kappa shape index (κ3) is 3.95. The summed E-state index contributed by atoms with van der Waals surface area (Å²) < 4.78 is 0. The second-order valence-corrected chi connectivity index (χ2v) is 6.70. The molecule has 0 atom stereocenters. The van der Waals surface area contributed by atoms with Crippen LogP contribution in [0.5, 0.6) is 0 Å². The Morgan fingerprint density at radius 3 is 2.07 bits per heavy atom. The van der Waals surface area contributed by atoms with Crippen molar-refractivity contribution in [2.24, 2.45) is 0 Å². The zero-order chi connectivity index (χ0) is 19.2. The van der Waals surface area contributed by atoms with E-state index < -0.39 is 0 Å². The van der Waals surface area contributed by atoms with Crippen LogP contribution in [0.25, 0.3) is 5.57 Å². The highest BCUT2D eigenvalue weighted by molar-refractivity contribution is 6.35. The Kier molecular flexibility index (Phi) is 6.07. The van der Waals surface area contributed by atoms with Gasteiger partial charge in [-0.15, -0.1) is 0 Å². The van der Waals surface area contributed by atoms with Gasteiger partial charge < -0.3 is 4.90 Å². The van der Waals surface area contributed by atoms with Crippen molar-refractivity contribution in [1.29, 1.82) is 0 Å². The van der Waals surface area contributed by atoms with Gasteiger partial charge in [-0.25, -0.2) is 0 Å². The maximum absolute atomic E-state index is 13.2. The monoisotopic (exact) mass is 362 g/mol. The molecule has 0 fully saturated rings. The van der Waals surface area contributed by atoms with E-state index in [0.29, 0.717) is 30.9 Å². The molecule has 1 heterocycles. The molecule has 0 saturated carbocycles. The van der Waals surface area contributed by atoms with Crippen LogP contribution in [0.4, 0.5) is 0 Å². The third-order valence-electron chi connectivity index (χ3n) is 4.86. The summed E-state index contributed by atoms with van der Waals surface area (Å²) in [6.07, 6.45) is 1.76. The molecule has 2 aromatic carbocycles. The summed E-state index contributed by atoms with van der Waals surface area (Å²) in [4.78, 5) is 29.8. The van der Waals surface area contributed by atoms with Crippen LogP contribution in [0.3, 0.4) is 0 Å². The van der Waals surface area contributed by atoms with Crippen LogP contribution in [0.15, 0.2) is 66.4 Å². The van der Waals surface area contributed by atoms with Crippen LogP contribution in [-0.2, 0) is 16.1 Å². The number of benzene rings is 2. The van der Waals surface area contributed by atoms with Crippen molar-refractivity contribution in [3.63, 3.8) is 0 Å². The number of unbranched alkanes of at least 4 members (excludes halogenated alkanes) is 1. The van der Waals surface area contributed by atoms with Crippen molar-refractivity contribution in [3.8, 4) is 0 Å². The van der Waals surface area contributed by atoms with Crippen molar-refractivity contribution in [1.82, 2.24) is 9.80 Å². The first-order valence-corrected chi connectivity index (χ1v) is 9.62. The Morgan fingerprint density at radius 2 is 1.48 bits per heavy atom. The van der Waals surface area contributed by atoms with Crippen molar-refractivity contribution in [3.05, 3.63) is 77.5 Å². The molecule has 0 unspecified atom stereocenters. The number of nitrogens with zero attached hydrogens (tertiary/aromatic N) is 2. The number of imide groups is 1. The average Bonchev–Trinajstić information content (AvgIpc) is 2.96. The highest BCUT2D eigenvalue weighted by atomic mass is 16.2. The molecule has 0 bridgehead atoms. The molecule has 0 N–H and O–H groups in total. The van der Waals surface area contributed by atoms with E-state index in [1.54, 1.807) is 0 Å².